The van der Waals surface area contributed by atoms with Crippen LogP contribution in [0.15, 0.2) is 109 Å². The maximum atomic E-state index is 5.08. The van der Waals surface area contributed by atoms with Crippen molar-refractivity contribution in [2.45, 2.75) is 6.92 Å². The van der Waals surface area contributed by atoms with Crippen LogP contribution >= 0.6 is 0 Å². The van der Waals surface area contributed by atoms with E-state index in [0.717, 1.165) is 33.5 Å². The summed E-state index contributed by atoms with van der Waals surface area (Å²) in [5.74, 6) is 0. The van der Waals surface area contributed by atoms with Gasteiger partial charge in [-0.3, -0.25) is 0 Å². The first-order valence-electron chi connectivity index (χ1n) is 10.2. The normalized spacial score (nSPS) is 10.8. The molecular formula is C28H22N2. The Labute approximate surface area is 176 Å². The lowest BCUT2D eigenvalue weighted by Gasteiger charge is -2.14. The molecule has 0 saturated carbocycles. The van der Waals surface area contributed by atoms with Gasteiger partial charge >= 0.3 is 0 Å². The van der Waals surface area contributed by atoms with E-state index in [9.17, 15) is 0 Å². The lowest BCUT2D eigenvalue weighted by molar-refractivity contribution is 1.39. The van der Waals surface area contributed by atoms with Gasteiger partial charge in [0.15, 0.2) is 0 Å². The highest BCUT2D eigenvalue weighted by Gasteiger charge is 2.12. The molecule has 0 aliphatic heterocycles. The van der Waals surface area contributed by atoms with E-state index in [2.05, 4.69) is 115 Å². The molecular weight excluding hydrogens is 364 g/mol. The summed E-state index contributed by atoms with van der Waals surface area (Å²) < 4.78 is 0. The third-order valence-electron chi connectivity index (χ3n) is 5.32. The molecule has 0 aliphatic carbocycles. The maximum absolute atomic E-state index is 5.08. The molecule has 1 aromatic heterocycles. The Morgan fingerprint density at radius 1 is 0.633 bits per heavy atom. The van der Waals surface area contributed by atoms with Gasteiger partial charge in [0.2, 0.25) is 0 Å². The number of pyridine rings is 1. The second-order valence-electron chi connectivity index (χ2n) is 7.48. The fraction of sp³-hybridized carbons (Fsp3) is 0.0357. The third-order valence-corrected chi connectivity index (χ3v) is 5.32. The zero-order valence-corrected chi connectivity index (χ0v) is 16.8. The second-order valence-corrected chi connectivity index (χ2v) is 7.48. The van der Waals surface area contributed by atoms with E-state index in [1.54, 1.807) is 0 Å². The average Bonchev–Trinajstić information content (AvgIpc) is 2.81. The Bertz CT molecular complexity index is 1290. The molecule has 0 saturated heterocycles. The van der Waals surface area contributed by atoms with Crippen LogP contribution in [-0.2, 0) is 0 Å². The molecule has 144 valence electrons. The first-order valence-corrected chi connectivity index (χ1v) is 10.2. The van der Waals surface area contributed by atoms with Crippen molar-refractivity contribution in [1.29, 1.82) is 0 Å². The van der Waals surface area contributed by atoms with Crippen molar-refractivity contribution in [3.63, 3.8) is 0 Å². The molecule has 0 aliphatic rings. The van der Waals surface area contributed by atoms with Gasteiger partial charge in [-0.1, -0.05) is 90.5 Å². The van der Waals surface area contributed by atoms with Gasteiger partial charge in [0.1, 0.15) is 0 Å². The molecule has 1 heterocycles. The summed E-state index contributed by atoms with van der Waals surface area (Å²) in [6.45, 7) is 2.10. The molecule has 0 atom stereocenters. The summed E-state index contributed by atoms with van der Waals surface area (Å²) >= 11 is 0. The molecule has 0 amide bonds. The molecule has 2 nitrogen and oxygen atoms in total. The summed E-state index contributed by atoms with van der Waals surface area (Å²) in [5.41, 5.74) is 8.74. The molecule has 4 aromatic carbocycles. The quantitative estimate of drug-likeness (QED) is 0.343. The second kappa shape index (κ2) is 7.84. The van der Waals surface area contributed by atoms with Gasteiger partial charge < -0.3 is 5.32 Å². The first kappa shape index (κ1) is 18.1. The van der Waals surface area contributed by atoms with Crippen LogP contribution in [-0.4, -0.2) is 4.98 Å². The molecule has 0 spiro atoms. The molecule has 0 bridgehead atoms. The lowest BCUT2D eigenvalue weighted by Crippen LogP contribution is -1.96. The van der Waals surface area contributed by atoms with Crippen LogP contribution in [0.2, 0.25) is 0 Å². The van der Waals surface area contributed by atoms with Crippen LogP contribution < -0.4 is 5.32 Å². The number of aryl methyl sites for hydroxylation is 1. The summed E-state index contributed by atoms with van der Waals surface area (Å²) in [6, 6.07) is 37.9. The van der Waals surface area contributed by atoms with Crippen LogP contribution in [0.3, 0.4) is 0 Å². The number of nitrogens with zero attached hydrogens (tertiary/aromatic N) is 1. The van der Waals surface area contributed by atoms with E-state index in [4.69, 9.17) is 4.98 Å². The number of rotatable bonds is 4. The number of hydrogen-bond acceptors (Lipinski definition) is 2. The highest BCUT2D eigenvalue weighted by molar-refractivity contribution is 6.03. The fourth-order valence-electron chi connectivity index (χ4n) is 3.76. The Balaban J connectivity index is 1.73. The van der Waals surface area contributed by atoms with Crippen LogP contribution in [0.5, 0.6) is 0 Å². The van der Waals surface area contributed by atoms with Crippen molar-refractivity contribution in [2.75, 3.05) is 5.32 Å². The summed E-state index contributed by atoms with van der Waals surface area (Å²) in [5, 5.41) is 4.71. The van der Waals surface area contributed by atoms with E-state index in [1.165, 1.54) is 16.7 Å². The number of benzene rings is 4. The minimum atomic E-state index is 0.971. The topological polar surface area (TPSA) is 24.9 Å². The van der Waals surface area contributed by atoms with Crippen molar-refractivity contribution in [3.8, 4) is 22.4 Å². The van der Waals surface area contributed by atoms with E-state index in [0.29, 0.717) is 0 Å². The SMILES string of the molecule is Cc1ccc(Nc2cccc3c(-c4ccccc4)cc(-c4ccccc4)nc23)cc1. The van der Waals surface area contributed by atoms with Crippen LogP contribution in [0, 0.1) is 6.92 Å². The van der Waals surface area contributed by atoms with Crippen LogP contribution in [0.1, 0.15) is 5.56 Å². The van der Waals surface area contributed by atoms with Crippen molar-refractivity contribution < 1.29 is 0 Å². The first-order chi connectivity index (χ1) is 14.8. The van der Waals surface area contributed by atoms with Gasteiger partial charge in [-0.2, -0.15) is 0 Å². The minimum Gasteiger partial charge on any atom is -0.354 e. The van der Waals surface area contributed by atoms with Crippen molar-refractivity contribution in [1.82, 2.24) is 4.98 Å². The molecule has 0 unspecified atom stereocenters. The third kappa shape index (κ3) is 3.56. The fourth-order valence-corrected chi connectivity index (χ4v) is 3.76. The highest BCUT2D eigenvalue weighted by atomic mass is 14.9. The zero-order chi connectivity index (χ0) is 20.3. The average molecular weight is 386 g/mol. The molecule has 5 aromatic rings. The zero-order valence-electron chi connectivity index (χ0n) is 16.8. The Hall–Kier alpha value is -3.91. The number of para-hydroxylation sites is 1. The van der Waals surface area contributed by atoms with Gasteiger partial charge in [-0.15, -0.1) is 0 Å². The number of anilines is 2. The molecule has 2 heteroatoms. The standard InChI is InChI=1S/C28H22N2/c1-20-15-17-23(18-16-20)29-26-14-8-13-24-25(21-9-4-2-5-10-21)19-27(30-28(24)26)22-11-6-3-7-12-22/h2-19,29H,1H3. The highest BCUT2D eigenvalue weighted by Crippen LogP contribution is 2.35. The number of nitrogens with one attached hydrogen (secondary N) is 1. The summed E-state index contributed by atoms with van der Waals surface area (Å²) in [6.07, 6.45) is 0. The molecule has 0 fully saturated rings. The van der Waals surface area contributed by atoms with Gasteiger partial charge in [0.25, 0.3) is 0 Å². The lowest BCUT2D eigenvalue weighted by atomic mass is 9.97. The van der Waals surface area contributed by atoms with Crippen molar-refractivity contribution in [3.05, 3.63) is 115 Å². The van der Waals surface area contributed by atoms with E-state index >= 15 is 0 Å². The molecule has 1 N–H and O–H groups in total. The van der Waals surface area contributed by atoms with Crippen molar-refractivity contribution in [2.24, 2.45) is 0 Å². The number of aromatic nitrogens is 1. The number of fused-ring (bicyclic) bond motifs is 1. The van der Waals surface area contributed by atoms with E-state index in [1.807, 2.05) is 6.07 Å². The Morgan fingerprint density at radius 3 is 2.00 bits per heavy atom. The summed E-state index contributed by atoms with van der Waals surface area (Å²) in [7, 11) is 0. The number of hydrogen-bond donors (Lipinski definition) is 1. The summed E-state index contributed by atoms with van der Waals surface area (Å²) in [4.78, 5) is 5.08. The van der Waals surface area contributed by atoms with E-state index < -0.39 is 0 Å². The molecule has 5 rings (SSSR count). The van der Waals surface area contributed by atoms with Gasteiger partial charge in [0.05, 0.1) is 16.9 Å². The van der Waals surface area contributed by atoms with Gasteiger partial charge in [-0.05, 0) is 42.3 Å². The van der Waals surface area contributed by atoms with Crippen LogP contribution in [0.25, 0.3) is 33.3 Å². The Kier molecular flexibility index (Phi) is 4.74. The Morgan fingerprint density at radius 2 is 1.30 bits per heavy atom. The molecule has 30 heavy (non-hydrogen) atoms. The predicted molar refractivity (Wildman–Crippen MR) is 127 cm³/mol. The van der Waals surface area contributed by atoms with Crippen molar-refractivity contribution >= 4 is 22.3 Å². The van der Waals surface area contributed by atoms with E-state index in [-0.39, 0.29) is 0 Å². The van der Waals surface area contributed by atoms with Gasteiger partial charge in [0, 0.05) is 16.6 Å². The maximum Gasteiger partial charge on any atom is 0.0950 e. The largest absolute Gasteiger partial charge is 0.354 e. The molecule has 0 radical (unpaired) electrons. The van der Waals surface area contributed by atoms with Gasteiger partial charge in [-0.25, -0.2) is 4.98 Å². The minimum absolute atomic E-state index is 0.971. The smallest absolute Gasteiger partial charge is 0.0950 e. The predicted octanol–water partition coefficient (Wildman–Crippen LogP) is 7.62. The van der Waals surface area contributed by atoms with Crippen LogP contribution in [0.4, 0.5) is 11.4 Å². The monoisotopic (exact) mass is 386 g/mol.